The number of methoxy groups -OCH3 is 2. The average Bonchev–Trinajstić information content (AvgIpc) is 2.71. The number of hydrogen-bond acceptors (Lipinski definition) is 6. The molecule has 0 unspecified atom stereocenters. The monoisotopic (exact) mass is 393 g/mol. The zero-order valence-electron chi connectivity index (χ0n) is 17.9. The first kappa shape index (κ1) is 23.9. The molecule has 158 valence electrons. The minimum atomic E-state index is -0.287. The van der Waals surface area contributed by atoms with Gasteiger partial charge in [0.2, 0.25) is 0 Å². The molecule has 0 radical (unpaired) electrons. The Kier molecular flexibility index (Phi) is 11.9. The van der Waals surface area contributed by atoms with Gasteiger partial charge < -0.3 is 19.1 Å². The highest BCUT2D eigenvalue weighted by Crippen LogP contribution is 2.12. The van der Waals surface area contributed by atoms with Gasteiger partial charge in [0.15, 0.2) is 0 Å². The van der Waals surface area contributed by atoms with Crippen LogP contribution in [0.5, 0.6) is 5.75 Å². The highest BCUT2D eigenvalue weighted by Gasteiger charge is 2.13. The van der Waals surface area contributed by atoms with E-state index in [0.29, 0.717) is 24.5 Å². The Bertz CT molecular complexity index is 603. The van der Waals surface area contributed by atoms with Gasteiger partial charge in [0.25, 0.3) is 11.9 Å². The summed E-state index contributed by atoms with van der Waals surface area (Å²) in [5, 5.41) is 2.76. The van der Waals surface area contributed by atoms with E-state index >= 15 is 0 Å². The maximum absolute atomic E-state index is 12.6. The molecule has 0 heterocycles. The Morgan fingerprint density at radius 2 is 1.96 bits per heavy atom. The predicted octanol–water partition coefficient (Wildman–Crippen LogP) is 2.95. The number of benzene rings is 1. The molecule has 0 aliphatic carbocycles. The van der Waals surface area contributed by atoms with Crippen molar-refractivity contribution in [3.63, 3.8) is 0 Å². The molecule has 0 fully saturated rings. The van der Waals surface area contributed by atoms with E-state index < -0.39 is 0 Å². The standard InChI is InChI=1S/C21H35N3O4/c1-6-24(7-2)13-9-10-17(3)22-21(28-15-14-26-4)23-20(25)18-11-8-12-19(16-18)27-5/h8,11-12,16-17H,6-7,9-10,13-15H2,1-5H3,(H,22,23,25)/t17-/m0/s1. The topological polar surface area (TPSA) is 72.4 Å². The second kappa shape index (κ2) is 14.0. The first-order chi connectivity index (χ1) is 13.5. The zero-order valence-corrected chi connectivity index (χ0v) is 17.9. The molecule has 0 aliphatic heterocycles. The van der Waals surface area contributed by atoms with Gasteiger partial charge >= 0.3 is 0 Å². The van der Waals surface area contributed by atoms with Crippen molar-refractivity contribution in [2.45, 2.75) is 39.7 Å². The van der Waals surface area contributed by atoms with Gasteiger partial charge in [-0.1, -0.05) is 19.9 Å². The quantitative estimate of drug-likeness (QED) is 0.336. The van der Waals surface area contributed by atoms with Crippen LogP contribution in [-0.2, 0) is 9.47 Å². The smallest absolute Gasteiger partial charge is 0.292 e. The molecule has 7 heteroatoms. The van der Waals surface area contributed by atoms with E-state index in [0.717, 1.165) is 32.5 Å². The molecule has 1 rings (SSSR count). The van der Waals surface area contributed by atoms with Gasteiger partial charge in [-0.25, -0.2) is 4.99 Å². The first-order valence-electron chi connectivity index (χ1n) is 9.91. The summed E-state index contributed by atoms with van der Waals surface area (Å²) in [7, 11) is 3.17. The van der Waals surface area contributed by atoms with Crippen molar-refractivity contribution in [2.75, 3.05) is 47.1 Å². The normalized spacial score (nSPS) is 12.7. The van der Waals surface area contributed by atoms with Crippen LogP contribution in [0.1, 0.15) is 44.0 Å². The van der Waals surface area contributed by atoms with Crippen molar-refractivity contribution in [3.05, 3.63) is 29.8 Å². The third-order valence-corrected chi connectivity index (χ3v) is 4.41. The molecule has 0 aromatic heterocycles. The van der Waals surface area contributed by atoms with Gasteiger partial charge in [-0.2, -0.15) is 0 Å². The molecule has 1 N–H and O–H groups in total. The Hall–Kier alpha value is -2.12. The molecule has 0 saturated carbocycles. The second-order valence-electron chi connectivity index (χ2n) is 6.48. The number of rotatable bonds is 12. The molecule has 1 atom stereocenters. The van der Waals surface area contributed by atoms with Crippen molar-refractivity contribution < 1.29 is 19.0 Å². The molecule has 0 bridgehead atoms. The molecule has 1 aromatic carbocycles. The van der Waals surface area contributed by atoms with Gasteiger partial charge in [0.1, 0.15) is 12.4 Å². The second-order valence-corrected chi connectivity index (χ2v) is 6.48. The van der Waals surface area contributed by atoms with Crippen LogP contribution in [0, 0.1) is 0 Å². The van der Waals surface area contributed by atoms with Crippen molar-refractivity contribution in [2.24, 2.45) is 4.99 Å². The average molecular weight is 394 g/mol. The Labute approximate surface area is 169 Å². The van der Waals surface area contributed by atoms with E-state index in [1.807, 2.05) is 6.92 Å². The highest BCUT2D eigenvalue weighted by molar-refractivity contribution is 6.04. The number of amides is 1. The van der Waals surface area contributed by atoms with Crippen molar-refractivity contribution in [1.82, 2.24) is 10.2 Å². The third-order valence-electron chi connectivity index (χ3n) is 4.41. The molecule has 28 heavy (non-hydrogen) atoms. The number of nitrogens with one attached hydrogen (secondary N) is 1. The van der Waals surface area contributed by atoms with Crippen LogP contribution in [0.4, 0.5) is 0 Å². The predicted molar refractivity (Wildman–Crippen MR) is 112 cm³/mol. The van der Waals surface area contributed by atoms with E-state index in [1.165, 1.54) is 0 Å². The zero-order chi connectivity index (χ0) is 20.8. The van der Waals surface area contributed by atoms with Crippen LogP contribution in [-0.4, -0.2) is 69.9 Å². The number of hydrogen-bond donors (Lipinski definition) is 1. The molecule has 1 amide bonds. The number of nitrogens with zero attached hydrogens (tertiary/aromatic N) is 2. The lowest BCUT2D eigenvalue weighted by atomic mass is 10.2. The van der Waals surface area contributed by atoms with Crippen molar-refractivity contribution in [1.29, 1.82) is 0 Å². The summed E-state index contributed by atoms with van der Waals surface area (Å²) < 4.78 is 15.8. The van der Waals surface area contributed by atoms with E-state index in [9.17, 15) is 4.79 Å². The fourth-order valence-corrected chi connectivity index (χ4v) is 2.68. The molecule has 0 saturated heterocycles. The lowest BCUT2D eigenvalue weighted by molar-refractivity contribution is 0.0953. The van der Waals surface area contributed by atoms with Gasteiger partial charge in [-0.15, -0.1) is 0 Å². The van der Waals surface area contributed by atoms with Gasteiger partial charge in [0, 0.05) is 12.7 Å². The SMILES string of the molecule is CCN(CC)CCC[C@H](C)N=C(NC(=O)c1cccc(OC)c1)OCCOC. The number of carbonyl (C=O) groups excluding carboxylic acids is 1. The Balaban J connectivity index is 2.71. The molecule has 1 aromatic rings. The molecular weight excluding hydrogens is 358 g/mol. The third kappa shape index (κ3) is 9.19. The fourth-order valence-electron chi connectivity index (χ4n) is 2.68. The van der Waals surface area contributed by atoms with Crippen molar-refractivity contribution >= 4 is 11.9 Å². The fraction of sp³-hybridized carbons (Fsp3) is 0.619. The summed E-state index contributed by atoms with van der Waals surface area (Å²) in [6.45, 7) is 10.3. The Morgan fingerprint density at radius 1 is 1.21 bits per heavy atom. The minimum Gasteiger partial charge on any atom is -0.497 e. The van der Waals surface area contributed by atoms with Crippen LogP contribution in [0.2, 0.25) is 0 Å². The Morgan fingerprint density at radius 3 is 2.61 bits per heavy atom. The first-order valence-corrected chi connectivity index (χ1v) is 9.91. The highest BCUT2D eigenvalue weighted by atomic mass is 16.5. The summed E-state index contributed by atoms with van der Waals surface area (Å²) in [6, 6.07) is 7.22. The maximum Gasteiger partial charge on any atom is 0.292 e. The number of amidine groups is 1. The van der Waals surface area contributed by atoms with Crippen molar-refractivity contribution in [3.8, 4) is 5.75 Å². The van der Waals surface area contributed by atoms with Crippen LogP contribution >= 0.6 is 0 Å². The largest absolute Gasteiger partial charge is 0.497 e. The molecular formula is C21H35N3O4. The summed E-state index contributed by atoms with van der Waals surface area (Å²) in [5.74, 6) is 0.335. The number of carbonyl (C=O) groups is 1. The molecule has 0 aliphatic rings. The lowest BCUT2D eigenvalue weighted by Crippen LogP contribution is -2.34. The van der Waals surface area contributed by atoms with Gasteiger partial charge in [-0.3, -0.25) is 10.1 Å². The number of ether oxygens (including phenoxy) is 3. The van der Waals surface area contributed by atoms with Crippen LogP contribution < -0.4 is 10.1 Å². The van der Waals surface area contributed by atoms with E-state index in [4.69, 9.17) is 14.2 Å². The van der Waals surface area contributed by atoms with E-state index in [1.54, 1.807) is 38.5 Å². The molecule has 0 spiro atoms. The summed E-state index contributed by atoms with van der Waals surface area (Å²) in [6.07, 6.45) is 1.96. The van der Waals surface area contributed by atoms with E-state index in [-0.39, 0.29) is 18.0 Å². The van der Waals surface area contributed by atoms with Crippen LogP contribution in [0.15, 0.2) is 29.3 Å². The lowest BCUT2D eigenvalue weighted by Gasteiger charge is -2.18. The van der Waals surface area contributed by atoms with Gasteiger partial charge in [-0.05, 0) is 57.6 Å². The number of aliphatic imine (C=N–C) groups is 1. The van der Waals surface area contributed by atoms with E-state index in [2.05, 4.69) is 29.1 Å². The molecule has 7 nitrogen and oxygen atoms in total. The summed E-state index contributed by atoms with van der Waals surface area (Å²) >= 11 is 0. The van der Waals surface area contributed by atoms with Crippen LogP contribution in [0.25, 0.3) is 0 Å². The maximum atomic E-state index is 12.6. The van der Waals surface area contributed by atoms with Crippen LogP contribution in [0.3, 0.4) is 0 Å². The minimum absolute atomic E-state index is 0.0405. The van der Waals surface area contributed by atoms with Gasteiger partial charge in [0.05, 0.1) is 19.8 Å². The summed E-state index contributed by atoms with van der Waals surface area (Å²) in [5.41, 5.74) is 0.483. The summed E-state index contributed by atoms with van der Waals surface area (Å²) in [4.78, 5) is 19.5.